The van der Waals surface area contributed by atoms with Crippen LogP contribution < -0.4 is 11.5 Å². The lowest BCUT2D eigenvalue weighted by molar-refractivity contribution is -0.169. The molecule has 154 valence electrons. The van der Waals surface area contributed by atoms with Crippen molar-refractivity contribution >= 4 is 11.9 Å². The number of carbonyl (C=O) groups excluding carboxylic acids is 2. The minimum atomic E-state index is -1.01. The largest absolute Gasteiger partial charge is 0.460 e. The molecule has 0 amide bonds. The van der Waals surface area contributed by atoms with E-state index in [2.05, 4.69) is 0 Å². The Bertz CT molecular complexity index is 425. The van der Waals surface area contributed by atoms with Gasteiger partial charge >= 0.3 is 11.9 Å². The van der Waals surface area contributed by atoms with Crippen LogP contribution >= 0.6 is 0 Å². The number of ether oxygens (including phenoxy) is 2. The van der Waals surface area contributed by atoms with Crippen molar-refractivity contribution in [2.45, 2.75) is 104 Å². The molecule has 0 saturated heterocycles. The molecule has 0 fully saturated rings. The fraction of sp³-hybridized carbons (Fsp3) is 0.900. The highest BCUT2D eigenvalue weighted by molar-refractivity contribution is 5.84. The van der Waals surface area contributed by atoms with Gasteiger partial charge in [0.1, 0.15) is 17.2 Å². The molecule has 0 radical (unpaired) electrons. The lowest BCUT2D eigenvalue weighted by atomic mass is 9.93. The molecule has 2 unspecified atom stereocenters. The first-order valence-electron chi connectivity index (χ1n) is 9.79. The van der Waals surface area contributed by atoms with E-state index in [-0.39, 0.29) is 0 Å². The third kappa shape index (κ3) is 12.3. The van der Waals surface area contributed by atoms with Gasteiger partial charge in [-0.25, -0.2) is 0 Å². The average Bonchev–Trinajstić information content (AvgIpc) is 2.45. The van der Waals surface area contributed by atoms with Crippen molar-refractivity contribution in [3.63, 3.8) is 0 Å². The van der Waals surface area contributed by atoms with E-state index >= 15 is 0 Å². The standard InChI is InChI=1S/C20H40N2O4/c1-19(2,3)25-17(23)15(13-11-9-7-8-10-12-14-21)16(22)18(24)26-20(4,5)6/h15-16H,7-14,21-22H2,1-6H3. The zero-order chi connectivity index (χ0) is 20.4. The summed E-state index contributed by atoms with van der Waals surface area (Å²) in [6.45, 7) is 11.5. The molecule has 0 spiro atoms. The van der Waals surface area contributed by atoms with Crippen LogP contribution in [0, 0.1) is 5.92 Å². The topological polar surface area (TPSA) is 105 Å². The third-order valence-electron chi connectivity index (χ3n) is 3.79. The fourth-order valence-corrected chi connectivity index (χ4v) is 2.57. The normalized spacial score (nSPS) is 14.6. The molecule has 0 aromatic carbocycles. The van der Waals surface area contributed by atoms with E-state index in [1.807, 2.05) is 0 Å². The summed E-state index contributed by atoms with van der Waals surface area (Å²) in [6.07, 6.45) is 6.72. The monoisotopic (exact) mass is 372 g/mol. The molecule has 0 aromatic heterocycles. The number of rotatable bonds is 11. The maximum absolute atomic E-state index is 12.6. The van der Waals surface area contributed by atoms with Gasteiger partial charge < -0.3 is 20.9 Å². The molecule has 6 nitrogen and oxygen atoms in total. The van der Waals surface area contributed by atoms with E-state index in [0.717, 1.165) is 45.1 Å². The summed E-state index contributed by atoms with van der Waals surface area (Å²) in [5.74, 6) is -1.68. The molecule has 0 aromatic rings. The van der Waals surface area contributed by atoms with Gasteiger partial charge in [0, 0.05) is 0 Å². The van der Waals surface area contributed by atoms with Gasteiger partial charge in [-0.2, -0.15) is 0 Å². The lowest BCUT2D eigenvalue weighted by Crippen LogP contribution is -2.47. The second kappa shape index (κ2) is 11.5. The Balaban J connectivity index is 4.74. The first-order valence-corrected chi connectivity index (χ1v) is 9.79. The van der Waals surface area contributed by atoms with Crippen LogP contribution in [0.2, 0.25) is 0 Å². The van der Waals surface area contributed by atoms with E-state index in [4.69, 9.17) is 20.9 Å². The second-order valence-corrected chi connectivity index (χ2v) is 8.90. The molecule has 0 heterocycles. The van der Waals surface area contributed by atoms with Crippen molar-refractivity contribution in [2.75, 3.05) is 6.54 Å². The van der Waals surface area contributed by atoms with Crippen LogP contribution in [0.5, 0.6) is 0 Å². The van der Waals surface area contributed by atoms with E-state index in [0.29, 0.717) is 6.42 Å². The highest BCUT2D eigenvalue weighted by atomic mass is 16.6. The van der Waals surface area contributed by atoms with Gasteiger partial charge in [0.05, 0.1) is 5.92 Å². The highest BCUT2D eigenvalue weighted by Gasteiger charge is 2.36. The average molecular weight is 373 g/mol. The predicted molar refractivity (Wildman–Crippen MR) is 105 cm³/mol. The Kier molecular flexibility index (Phi) is 11.0. The van der Waals surface area contributed by atoms with Crippen molar-refractivity contribution in [3.05, 3.63) is 0 Å². The summed E-state index contributed by atoms with van der Waals surface area (Å²) in [4.78, 5) is 24.9. The molecule has 0 aliphatic rings. The van der Waals surface area contributed by atoms with Gasteiger partial charge in [0.15, 0.2) is 0 Å². The van der Waals surface area contributed by atoms with E-state index in [9.17, 15) is 9.59 Å². The molecule has 6 heteroatoms. The van der Waals surface area contributed by atoms with Crippen molar-refractivity contribution in [1.82, 2.24) is 0 Å². The molecule has 0 rings (SSSR count). The summed E-state index contributed by atoms with van der Waals surface area (Å²) < 4.78 is 10.8. The van der Waals surface area contributed by atoms with Crippen LogP contribution in [0.25, 0.3) is 0 Å². The summed E-state index contributed by atoms with van der Waals surface area (Å²) in [5.41, 5.74) is 10.3. The smallest absolute Gasteiger partial charge is 0.324 e. The quantitative estimate of drug-likeness (QED) is 0.426. The Morgan fingerprint density at radius 1 is 0.769 bits per heavy atom. The number of hydrogen-bond donors (Lipinski definition) is 2. The van der Waals surface area contributed by atoms with Gasteiger partial charge in [0.25, 0.3) is 0 Å². The Hall–Kier alpha value is -1.14. The van der Waals surface area contributed by atoms with Gasteiger partial charge in [-0.15, -0.1) is 0 Å². The highest BCUT2D eigenvalue weighted by Crippen LogP contribution is 2.21. The van der Waals surface area contributed by atoms with Crippen molar-refractivity contribution in [1.29, 1.82) is 0 Å². The summed E-state index contributed by atoms with van der Waals surface area (Å²) in [7, 11) is 0. The first-order chi connectivity index (χ1) is 11.9. The van der Waals surface area contributed by atoms with Crippen LogP contribution in [-0.4, -0.2) is 35.7 Å². The minimum absolute atomic E-state index is 0.431. The zero-order valence-electron chi connectivity index (χ0n) is 17.6. The van der Waals surface area contributed by atoms with Gasteiger partial charge in [0.2, 0.25) is 0 Å². The van der Waals surface area contributed by atoms with Gasteiger partial charge in [-0.3, -0.25) is 9.59 Å². The molecule has 26 heavy (non-hydrogen) atoms. The molecule has 4 N–H and O–H groups in total. The maximum atomic E-state index is 12.6. The lowest BCUT2D eigenvalue weighted by Gasteiger charge is -2.28. The summed E-state index contributed by atoms with van der Waals surface area (Å²) in [5, 5.41) is 0. The number of nitrogens with two attached hydrogens (primary N) is 2. The minimum Gasteiger partial charge on any atom is -0.460 e. The molecule has 0 aliphatic carbocycles. The molecular formula is C20H40N2O4. The van der Waals surface area contributed by atoms with Crippen LogP contribution in [0.4, 0.5) is 0 Å². The number of esters is 2. The van der Waals surface area contributed by atoms with Crippen molar-refractivity contribution < 1.29 is 19.1 Å². The van der Waals surface area contributed by atoms with E-state index < -0.39 is 35.1 Å². The zero-order valence-corrected chi connectivity index (χ0v) is 17.6. The number of hydrogen-bond acceptors (Lipinski definition) is 6. The first kappa shape index (κ1) is 24.9. The number of carbonyl (C=O) groups is 2. The summed E-state index contributed by atoms with van der Waals surface area (Å²) in [6, 6.07) is -1.01. The molecule has 0 aliphatic heterocycles. The van der Waals surface area contributed by atoms with Crippen LogP contribution in [-0.2, 0) is 19.1 Å². The van der Waals surface area contributed by atoms with Gasteiger partial charge in [-0.1, -0.05) is 32.1 Å². The SMILES string of the molecule is CC(C)(C)OC(=O)C(N)C(CCCCCCCCN)C(=O)OC(C)(C)C. The Labute approximate surface area is 159 Å². The molecule has 0 bridgehead atoms. The van der Waals surface area contributed by atoms with Crippen molar-refractivity contribution in [2.24, 2.45) is 17.4 Å². The van der Waals surface area contributed by atoms with Crippen LogP contribution in [0.15, 0.2) is 0 Å². The number of unbranched alkanes of at least 4 members (excludes halogenated alkanes) is 5. The molecular weight excluding hydrogens is 332 g/mol. The predicted octanol–water partition coefficient (Wildman–Crippen LogP) is 3.30. The maximum Gasteiger partial charge on any atom is 0.324 e. The van der Waals surface area contributed by atoms with E-state index in [1.54, 1.807) is 41.5 Å². The summed E-state index contributed by atoms with van der Waals surface area (Å²) >= 11 is 0. The Morgan fingerprint density at radius 3 is 1.65 bits per heavy atom. The van der Waals surface area contributed by atoms with Crippen molar-refractivity contribution in [3.8, 4) is 0 Å². The fourth-order valence-electron chi connectivity index (χ4n) is 2.57. The second-order valence-electron chi connectivity index (χ2n) is 8.90. The Morgan fingerprint density at radius 2 is 1.19 bits per heavy atom. The van der Waals surface area contributed by atoms with Crippen LogP contribution in [0.1, 0.15) is 86.5 Å². The van der Waals surface area contributed by atoms with Gasteiger partial charge in [-0.05, 0) is 60.9 Å². The third-order valence-corrected chi connectivity index (χ3v) is 3.79. The van der Waals surface area contributed by atoms with Crippen LogP contribution in [0.3, 0.4) is 0 Å². The molecule has 2 atom stereocenters. The molecule has 0 saturated carbocycles. The van der Waals surface area contributed by atoms with E-state index in [1.165, 1.54) is 0 Å².